The molecule has 0 fully saturated rings. The number of rotatable bonds is 4. The molecule has 0 aliphatic carbocycles. The zero-order valence-corrected chi connectivity index (χ0v) is 11.6. The van der Waals surface area contributed by atoms with Gasteiger partial charge in [0.15, 0.2) is 5.75 Å². The second kappa shape index (κ2) is 6.59. The number of hydrogen-bond acceptors (Lipinski definition) is 4. The lowest BCUT2D eigenvalue weighted by Gasteiger charge is -2.19. The van der Waals surface area contributed by atoms with E-state index in [1.807, 2.05) is 0 Å². The predicted molar refractivity (Wildman–Crippen MR) is 61.4 cm³/mol. The number of carbonyl (C=O) groups is 1. The first-order chi connectivity index (χ1) is 10.0. The number of carbonyl (C=O) groups excluding carboxylic acids is 1. The van der Waals surface area contributed by atoms with E-state index in [-0.39, 0.29) is 12.8 Å². The Hall–Kier alpha value is -1.71. The van der Waals surface area contributed by atoms with Crippen molar-refractivity contribution in [3.63, 3.8) is 0 Å². The third-order valence-electron chi connectivity index (χ3n) is 2.24. The van der Waals surface area contributed by atoms with Crippen molar-refractivity contribution in [1.29, 1.82) is 0 Å². The van der Waals surface area contributed by atoms with E-state index in [4.69, 9.17) is 11.6 Å². The highest BCUT2D eigenvalue weighted by atomic mass is 35.5. The molecule has 11 heteroatoms. The van der Waals surface area contributed by atoms with Gasteiger partial charge in [-0.3, -0.25) is 4.98 Å². The van der Waals surface area contributed by atoms with Crippen LogP contribution in [0.3, 0.4) is 0 Å². The molecule has 0 N–H and O–H groups in total. The first-order valence-electron chi connectivity index (χ1n) is 5.59. The summed E-state index contributed by atoms with van der Waals surface area (Å²) in [6.45, 7) is 1.05. The fourth-order valence-corrected chi connectivity index (χ4v) is 1.67. The minimum Gasteiger partial charge on any atom is -0.462 e. The van der Waals surface area contributed by atoms with Crippen LogP contribution in [0.2, 0.25) is 0 Å². The van der Waals surface area contributed by atoms with Crippen LogP contribution in [0.5, 0.6) is 5.75 Å². The van der Waals surface area contributed by atoms with Gasteiger partial charge in [-0.1, -0.05) is 0 Å². The second-order valence-electron chi connectivity index (χ2n) is 3.72. The number of aromatic nitrogens is 1. The van der Waals surface area contributed by atoms with Crippen LogP contribution in [0, 0.1) is 0 Å². The van der Waals surface area contributed by atoms with Crippen LogP contribution >= 0.6 is 11.6 Å². The number of hydrogen-bond donors (Lipinski definition) is 0. The maximum Gasteiger partial charge on any atom is 0.573 e. The zero-order valence-electron chi connectivity index (χ0n) is 10.8. The molecule has 0 bridgehead atoms. The highest BCUT2D eigenvalue weighted by Crippen LogP contribution is 2.41. The molecular weight excluding hydrogens is 344 g/mol. The molecule has 1 rings (SSSR count). The average molecular weight is 352 g/mol. The van der Waals surface area contributed by atoms with Crippen molar-refractivity contribution in [1.82, 2.24) is 4.98 Å². The minimum absolute atomic E-state index is 0.113. The summed E-state index contributed by atoms with van der Waals surface area (Å²) in [7, 11) is 0. The first kappa shape index (κ1) is 18.3. The molecule has 0 amide bonds. The maximum absolute atomic E-state index is 12.8. The number of pyridine rings is 1. The van der Waals surface area contributed by atoms with Gasteiger partial charge >= 0.3 is 18.5 Å². The van der Waals surface area contributed by atoms with Crippen LogP contribution in [-0.4, -0.2) is 23.9 Å². The molecule has 0 saturated carbocycles. The van der Waals surface area contributed by atoms with Crippen molar-refractivity contribution in [2.24, 2.45) is 0 Å². The molecule has 1 aromatic heterocycles. The molecule has 0 aliphatic rings. The van der Waals surface area contributed by atoms with Gasteiger partial charge in [-0.15, -0.1) is 24.8 Å². The smallest absolute Gasteiger partial charge is 0.462 e. The van der Waals surface area contributed by atoms with E-state index >= 15 is 0 Å². The molecule has 22 heavy (non-hydrogen) atoms. The molecule has 0 unspecified atom stereocenters. The topological polar surface area (TPSA) is 48.4 Å². The van der Waals surface area contributed by atoms with E-state index in [0.717, 1.165) is 0 Å². The molecule has 0 aromatic carbocycles. The molecular formula is C11H8ClF6NO3. The largest absolute Gasteiger partial charge is 0.573 e. The van der Waals surface area contributed by atoms with E-state index < -0.39 is 47.0 Å². The van der Waals surface area contributed by atoms with Gasteiger partial charge in [0.2, 0.25) is 0 Å². The van der Waals surface area contributed by atoms with Crippen LogP contribution in [0.4, 0.5) is 26.3 Å². The van der Waals surface area contributed by atoms with Crippen LogP contribution in [0.1, 0.15) is 28.5 Å². The van der Waals surface area contributed by atoms with E-state index in [1.165, 1.54) is 6.92 Å². The van der Waals surface area contributed by atoms with Gasteiger partial charge in [0.1, 0.15) is 11.1 Å². The quantitative estimate of drug-likeness (QED) is 0.469. The predicted octanol–water partition coefficient (Wildman–Crippen LogP) is 3.91. The first-order valence-corrected chi connectivity index (χ1v) is 6.12. The molecule has 0 atom stereocenters. The summed E-state index contributed by atoms with van der Waals surface area (Å²) in [5.74, 6) is -3.79. The van der Waals surface area contributed by atoms with Crippen molar-refractivity contribution in [3.05, 3.63) is 23.0 Å². The minimum atomic E-state index is -5.45. The molecule has 1 aromatic rings. The highest BCUT2D eigenvalue weighted by Gasteiger charge is 2.43. The molecule has 0 saturated heterocycles. The zero-order chi connectivity index (χ0) is 17.1. The van der Waals surface area contributed by atoms with E-state index in [9.17, 15) is 31.1 Å². The summed E-state index contributed by atoms with van der Waals surface area (Å²) < 4.78 is 83.4. The fourth-order valence-electron chi connectivity index (χ4n) is 1.47. The normalized spacial score (nSPS) is 12.2. The van der Waals surface area contributed by atoms with E-state index in [0.29, 0.717) is 0 Å². The Morgan fingerprint density at radius 3 is 2.27 bits per heavy atom. The van der Waals surface area contributed by atoms with Crippen LogP contribution < -0.4 is 4.74 Å². The third-order valence-corrected chi connectivity index (χ3v) is 2.49. The lowest BCUT2D eigenvalue weighted by Crippen LogP contribution is -2.24. The molecule has 0 aliphatic heterocycles. The number of esters is 1. The molecule has 4 nitrogen and oxygen atoms in total. The molecule has 0 radical (unpaired) electrons. The van der Waals surface area contributed by atoms with Crippen LogP contribution in [0.25, 0.3) is 0 Å². The molecule has 124 valence electrons. The molecule has 0 spiro atoms. The Labute approximate surface area is 125 Å². The highest BCUT2D eigenvalue weighted by molar-refractivity contribution is 6.17. The van der Waals surface area contributed by atoms with E-state index in [2.05, 4.69) is 14.5 Å². The van der Waals surface area contributed by atoms with Crippen LogP contribution in [0.15, 0.2) is 6.20 Å². The van der Waals surface area contributed by atoms with Gasteiger partial charge in [-0.05, 0) is 6.92 Å². The molecule has 1 heterocycles. The standard InChI is InChI=1S/C11H8ClF6NO3/c1-2-21-9(20)7-6(3-12)19-4-5(10(13,14)15)8(7)22-11(16,17)18/h4H,2-3H2,1H3. The summed E-state index contributed by atoms with van der Waals surface area (Å²) in [5.41, 5.74) is -3.49. The Bertz CT molecular complexity index is 558. The van der Waals surface area contributed by atoms with Gasteiger partial charge in [0, 0.05) is 6.20 Å². The maximum atomic E-state index is 12.8. The van der Waals surface area contributed by atoms with Gasteiger partial charge in [0.25, 0.3) is 0 Å². The lowest BCUT2D eigenvalue weighted by molar-refractivity contribution is -0.276. The van der Waals surface area contributed by atoms with Crippen molar-refractivity contribution < 1.29 is 40.6 Å². The number of halogens is 7. The summed E-state index contributed by atoms with van der Waals surface area (Å²) in [6.07, 6.45) is -10.6. The summed E-state index contributed by atoms with van der Waals surface area (Å²) >= 11 is 5.40. The third kappa shape index (κ3) is 4.39. The summed E-state index contributed by atoms with van der Waals surface area (Å²) in [4.78, 5) is 14.9. The average Bonchev–Trinajstić information content (AvgIpc) is 2.34. The Morgan fingerprint density at radius 1 is 1.27 bits per heavy atom. The van der Waals surface area contributed by atoms with Crippen LogP contribution in [-0.2, 0) is 16.8 Å². The van der Waals surface area contributed by atoms with E-state index in [1.54, 1.807) is 0 Å². The van der Waals surface area contributed by atoms with Crippen molar-refractivity contribution >= 4 is 17.6 Å². The number of alkyl halides is 7. The second-order valence-corrected chi connectivity index (χ2v) is 3.99. The summed E-state index contributed by atoms with van der Waals surface area (Å²) in [5, 5.41) is 0. The number of ether oxygens (including phenoxy) is 2. The lowest BCUT2D eigenvalue weighted by atomic mass is 10.1. The van der Waals surface area contributed by atoms with Gasteiger partial charge in [-0.2, -0.15) is 13.2 Å². The van der Waals surface area contributed by atoms with Crippen molar-refractivity contribution in [3.8, 4) is 5.75 Å². The van der Waals surface area contributed by atoms with Crippen molar-refractivity contribution in [2.45, 2.75) is 25.3 Å². The Kier molecular flexibility index (Phi) is 5.49. The van der Waals surface area contributed by atoms with Gasteiger partial charge in [0.05, 0.1) is 18.2 Å². The van der Waals surface area contributed by atoms with Gasteiger partial charge in [-0.25, -0.2) is 4.79 Å². The van der Waals surface area contributed by atoms with Crippen molar-refractivity contribution in [2.75, 3.05) is 6.61 Å². The Balaban J connectivity index is 3.63. The Morgan fingerprint density at radius 2 is 1.86 bits per heavy atom. The SMILES string of the molecule is CCOC(=O)c1c(CCl)ncc(C(F)(F)F)c1OC(F)(F)F. The fraction of sp³-hybridized carbons (Fsp3) is 0.455. The number of nitrogens with zero attached hydrogens (tertiary/aromatic N) is 1. The summed E-state index contributed by atoms with van der Waals surface area (Å²) in [6, 6.07) is 0. The van der Waals surface area contributed by atoms with Gasteiger partial charge < -0.3 is 9.47 Å². The monoisotopic (exact) mass is 351 g/mol.